The second kappa shape index (κ2) is 5.83. The average molecular weight is 372 g/mol. The van der Waals surface area contributed by atoms with Crippen molar-refractivity contribution in [2.75, 3.05) is 4.72 Å². The highest BCUT2D eigenvalue weighted by molar-refractivity contribution is 9.10. The van der Waals surface area contributed by atoms with Crippen LogP contribution in [0.2, 0.25) is 5.02 Å². The Labute approximate surface area is 130 Å². The van der Waals surface area contributed by atoms with Crippen LogP contribution in [0.15, 0.2) is 51.8 Å². The third-order valence-corrected chi connectivity index (χ3v) is 4.84. The lowest BCUT2D eigenvalue weighted by Crippen LogP contribution is -2.13. The largest absolute Gasteiger partial charge is 0.280 e. The Bertz CT molecular complexity index is 783. The summed E-state index contributed by atoms with van der Waals surface area (Å²) < 4.78 is 27.7. The monoisotopic (exact) mass is 370 g/mol. The fourth-order valence-corrected chi connectivity index (χ4v) is 3.39. The van der Waals surface area contributed by atoms with E-state index in [4.69, 9.17) is 16.9 Å². The fraction of sp³-hybridized carbons (Fsp3) is 0. The first-order chi connectivity index (χ1) is 9.42. The van der Waals surface area contributed by atoms with Gasteiger partial charge in [0.25, 0.3) is 10.0 Å². The van der Waals surface area contributed by atoms with Crippen LogP contribution in [-0.4, -0.2) is 8.42 Å². The Kier molecular flexibility index (Phi) is 4.33. The van der Waals surface area contributed by atoms with Gasteiger partial charge in [0, 0.05) is 10.2 Å². The summed E-state index contributed by atoms with van der Waals surface area (Å²) in [4.78, 5) is -0.0684. The summed E-state index contributed by atoms with van der Waals surface area (Å²) >= 11 is 9.17. The molecule has 2 aromatic carbocycles. The summed E-state index contributed by atoms with van der Waals surface area (Å²) in [5.41, 5.74) is 0.728. The minimum absolute atomic E-state index is 0.00802. The van der Waals surface area contributed by atoms with E-state index in [2.05, 4.69) is 20.7 Å². The number of rotatable bonds is 3. The maximum absolute atomic E-state index is 12.2. The van der Waals surface area contributed by atoms with Crippen molar-refractivity contribution in [3.63, 3.8) is 0 Å². The van der Waals surface area contributed by atoms with Crippen LogP contribution in [0.4, 0.5) is 5.69 Å². The molecular formula is C13H8BrClN2O2S. The van der Waals surface area contributed by atoms with Crippen LogP contribution in [-0.2, 0) is 10.0 Å². The van der Waals surface area contributed by atoms with Gasteiger partial charge in [0.15, 0.2) is 0 Å². The molecule has 2 aromatic rings. The molecule has 102 valence electrons. The number of hydrogen-bond acceptors (Lipinski definition) is 3. The zero-order chi connectivity index (χ0) is 14.8. The molecule has 0 amide bonds. The van der Waals surface area contributed by atoms with E-state index in [0.29, 0.717) is 11.3 Å². The van der Waals surface area contributed by atoms with Crippen molar-refractivity contribution in [2.24, 2.45) is 0 Å². The number of benzene rings is 2. The number of sulfonamides is 1. The predicted octanol–water partition coefficient (Wildman–Crippen LogP) is 3.77. The molecule has 4 nitrogen and oxygen atoms in total. The third kappa shape index (κ3) is 3.31. The quantitative estimate of drug-likeness (QED) is 0.892. The number of nitriles is 1. The van der Waals surface area contributed by atoms with Gasteiger partial charge in [-0.2, -0.15) is 5.26 Å². The zero-order valence-electron chi connectivity index (χ0n) is 9.97. The molecule has 2 rings (SSSR count). The van der Waals surface area contributed by atoms with Gasteiger partial charge in [-0.15, -0.1) is 0 Å². The number of anilines is 1. The second-order valence-corrected chi connectivity index (χ2v) is 6.84. The Morgan fingerprint density at radius 2 is 1.80 bits per heavy atom. The van der Waals surface area contributed by atoms with Crippen LogP contribution >= 0.6 is 27.5 Å². The zero-order valence-corrected chi connectivity index (χ0v) is 13.1. The molecule has 0 radical (unpaired) electrons. The Morgan fingerprint density at radius 3 is 2.35 bits per heavy atom. The van der Waals surface area contributed by atoms with Gasteiger partial charge in [0.1, 0.15) is 4.90 Å². The van der Waals surface area contributed by atoms with Crippen molar-refractivity contribution < 1.29 is 8.42 Å². The molecule has 0 spiro atoms. The summed E-state index contributed by atoms with van der Waals surface area (Å²) in [5.74, 6) is 0. The number of hydrogen-bond donors (Lipinski definition) is 1. The first kappa shape index (κ1) is 14.9. The van der Waals surface area contributed by atoms with Gasteiger partial charge in [0.05, 0.1) is 16.7 Å². The van der Waals surface area contributed by atoms with Crippen molar-refractivity contribution >= 4 is 43.2 Å². The van der Waals surface area contributed by atoms with Crippen LogP contribution in [0.1, 0.15) is 5.56 Å². The molecule has 0 aliphatic rings. The Morgan fingerprint density at radius 1 is 1.15 bits per heavy atom. The van der Waals surface area contributed by atoms with Crippen molar-refractivity contribution in [1.29, 1.82) is 5.26 Å². The minimum Gasteiger partial charge on any atom is -0.280 e. The first-order valence-corrected chi connectivity index (χ1v) is 8.06. The lowest BCUT2D eigenvalue weighted by atomic mass is 10.2. The molecule has 1 N–H and O–H groups in total. The summed E-state index contributed by atoms with van der Waals surface area (Å²) in [5, 5.41) is 8.75. The lowest BCUT2D eigenvalue weighted by molar-refractivity contribution is 0.601. The van der Waals surface area contributed by atoms with Gasteiger partial charge in [0.2, 0.25) is 0 Å². The minimum atomic E-state index is -3.79. The molecular weight excluding hydrogens is 364 g/mol. The second-order valence-electron chi connectivity index (χ2n) is 3.87. The molecule has 0 fully saturated rings. The molecule has 0 aromatic heterocycles. The average Bonchev–Trinajstić information content (AvgIpc) is 2.40. The Balaban J connectivity index is 2.36. The van der Waals surface area contributed by atoms with E-state index in [0.717, 1.165) is 4.47 Å². The van der Waals surface area contributed by atoms with Gasteiger partial charge < -0.3 is 0 Å². The third-order valence-electron chi connectivity index (χ3n) is 2.45. The van der Waals surface area contributed by atoms with E-state index >= 15 is 0 Å². The number of nitrogens with one attached hydrogen (secondary N) is 1. The summed E-state index contributed by atoms with van der Waals surface area (Å²) in [7, 11) is -3.79. The van der Waals surface area contributed by atoms with Crippen molar-refractivity contribution in [3.8, 4) is 6.07 Å². The SMILES string of the molecule is N#Cc1ccc(S(=O)(=O)Nc2ccc(Br)cc2)c(Cl)c1. The first-order valence-electron chi connectivity index (χ1n) is 5.40. The number of halogens is 2. The fourth-order valence-electron chi connectivity index (χ4n) is 1.52. The van der Waals surface area contributed by atoms with Crippen molar-refractivity contribution in [1.82, 2.24) is 0 Å². The molecule has 7 heteroatoms. The van der Waals surface area contributed by atoms with Crippen LogP contribution in [0.3, 0.4) is 0 Å². The van der Waals surface area contributed by atoms with E-state index in [1.165, 1.54) is 18.2 Å². The maximum atomic E-state index is 12.2. The standard InChI is InChI=1S/C13H8BrClN2O2S/c14-10-2-4-11(5-3-10)17-20(18,19)13-6-1-9(8-16)7-12(13)15/h1-7,17H. The van der Waals surface area contributed by atoms with Gasteiger partial charge >= 0.3 is 0 Å². The highest BCUT2D eigenvalue weighted by atomic mass is 79.9. The van der Waals surface area contributed by atoms with Gasteiger partial charge in [-0.25, -0.2) is 8.42 Å². The van der Waals surface area contributed by atoms with Gasteiger partial charge in [-0.05, 0) is 42.5 Å². The predicted molar refractivity (Wildman–Crippen MR) is 81.1 cm³/mol. The van der Waals surface area contributed by atoms with Crippen LogP contribution in [0.5, 0.6) is 0 Å². The maximum Gasteiger partial charge on any atom is 0.263 e. The van der Waals surface area contributed by atoms with Crippen LogP contribution < -0.4 is 4.72 Å². The van der Waals surface area contributed by atoms with Crippen LogP contribution in [0.25, 0.3) is 0 Å². The van der Waals surface area contributed by atoms with E-state index < -0.39 is 10.0 Å². The summed E-state index contributed by atoms with van der Waals surface area (Å²) in [6, 6.07) is 12.6. The van der Waals surface area contributed by atoms with Gasteiger partial charge in [-0.3, -0.25) is 4.72 Å². The summed E-state index contributed by atoms with van der Waals surface area (Å²) in [6.07, 6.45) is 0. The molecule has 0 saturated heterocycles. The highest BCUT2D eigenvalue weighted by Crippen LogP contribution is 2.25. The molecule has 0 aliphatic carbocycles. The normalized spacial score (nSPS) is 10.8. The smallest absolute Gasteiger partial charge is 0.263 e. The number of nitrogens with zero attached hydrogens (tertiary/aromatic N) is 1. The van der Waals surface area contributed by atoms with E-state index in [1.807, 2.05) is 6.07 Å². The molecule has 0 atom stereocenters. The molecule has 0 aliphatic heterocycles. The topological polar surface area (TPSA) is 70.0 Å². The van der Waals surface area contributed by atoms with Crippen LogP contribution in [0, 0.1) is 11.3 Å². The molecule has 20 heavy (non-hydrogen) atoms. The summed E-state index contributed by atoms with van der Waals surface area (Å²) in [6.45, 7) is 0. The molecule has 0 bridgehead atoms. The van der Waals surface area contributed by atoms with E-state index in [1.54, 1.807) is 24.3 Å². The van der Waals surface area contributed by atoms with E-state index in [-0.39, 0.29) is 9.92 Å². The Hall–Kier alpha value is -1.55. The van der Waals surface area contributed by atoms with Crippen molar-refractivity contribution in [2.45, 2.75) is 4.90 Å². The van der Waals surface area contributed by atoms with E-state index in [9.17, 15) is 8.42 Å². The van der Waals surface area contributed by atoms with Gasteiger partial charge in [-0.1, -0.05) is 27.5 Å². The molecule has 0 unspecified atom stereocenters. The molecule has 0 heterocycles. The molecule has 0 saturated carbocycles. The highest BCUT2D eigenvalue weighted by Gasteiger charge is 2.18. The lowest BCUT2D eigenvalue weighted by Gasteiger charge is -2.09. The van der Waals surface area contributed by atoms with Crippen molar-refractivity contribution in [3.05, 3.63) is 57.5 Å².